The number of benzene rings is 2. The van der Waals surface area contributed by atoms with Crippen LogP contribution in [0.15, 0.2) is 53.0 Å². The average molecular weight is 359 g/mol. The number of nitrogens with zero attached hydrogens (tertiary/aromatic N) is 1. The molecule has 0 atom stereocenters. The van der Waals surface area contributed by atoms with E-state index < -0.39 is 0 Å². The predicted octanol–water partition coefficient (Wildman–Crippen LogP) is 3.83. The second-order valence-corrected chi connectivity index (χ2v) is 6.05. The second kappa shape index (κ2) is 6.32. The van der Waals surface area contributed by atoms with Crippen LogP contribution in [-0.4, -0.2) is 18.4 Å². The molecule has 0 aromatic heterocycles. The van der Waals surface area contributed by atoms with E-state index in [1.165, 1.54) is 0 Å². The van der Waals surface area contributed by atoms with Gasteiger partial charge in [-0.05, 0) is 36.8 Å². The molecule has 22 heavy (non-hydrogen) atoms. The first-order chi connectivity index (χ1) is 10.6. The molecule has 0 unspecified atom stereocenters. The Morgan fingerprint density at radius 1 is 1.14 bits per heavy atom. The van der Waals surface area contributed by atoms with Crippen LogP contribution in [0.3, 0.4) is 0 Å². The standard InChI is InChI=1S/C17H15BrN2O2/c18-12-5-3-6-13(11-12)19-17(22)14-7-1-2-8-15(14)20-10-4-9-16(20)21/h1-3,5-8,11H,4,9-10H2,(H,19,22). The summed E-state index contributed by atoms with van der Waals surface area (Å²) in [7, 11) is 0. The van der Waals surface area contributed by atoms with E-state index in [9.17, 15) is 9.59 Å². The lowest BCUT2D eigenvalue weighted by atomic mass is 10.1. The number of hydrogen-bond acceptors (Lipinski definition) is 2. The van der Waals surface area contributed by atoms with Crippen molar-refractivity contribution in [2.45, 2.75) is 12.8 Å². The number of halogens is 1. The van der Waals surface area contributed by atoms with E-state index in [2.05, 4.69) is 21.2 Å². The Hall–Kier alpha value is -2.14. The predicted molar refractivity (Wildman–Crippen MR) is 90.1 cm³/mol. The summed E-state index contributed by atoms with van der Waals surface area (Å²) < 4.78 is 0.897. The number of anilines is 2. The van der Waals surface area contributed by atoms with E-state index in [0.29, 0.717) is 29.9 Å². The molecule has 1 fully saturated rings. The van der Waals surface area contributed by atoms with Gasteiger partial charge >= 0.3 is 0 Å². The minimum absolute atomic E-state index is 0.0719. The number of para-hydroxylation sites is 1. The van der Waals surface area contributed by atoms with Crippen LogP contribution in [0.25, 0.3) is 0 Å². The molecule has 1 aliphatic heterocycles. The summed E-state index contributed by atoms with van der Waals surface area (Å²) in [6.45, 7) is 0.667. The molecule has 5 heteroatoms. The molecule has 3 rings (SSSR count). The SMILES string of the molecule is O=C(Nc1cccc(Br)c1)c1ccccc1N1CCCC1=O. The van der Waals surface area contributed by atoms with Crippen LogP contribution in [0.2, 0.25) is 0 Å². The molecule has 1 N–H and O–H groups in total. The maximum atomic E-state index is 12.5. The maximum absolute atomic E-state index is 12.5. The highest BCUT2D eigenvalue weighted by Crippen LogP contribution is 2.26. The molecule has 2 aromatic carbocycles. The van der Waals surface area contributed by atoms with E-state index in [-0.39, 0.29) is 11.8 Å². The summed E-state index contributed by atoms with van der Waals surface area (Å²) in [6, 6.07) is 14.6. The van der Waals surface area contributed by atoms with Gasteiger partial charge in [-0.25, -0.2) is 0 Å². The first-order valence-corrected chi connectivity index (χ1v) is 7.91. The molecule has 0 spiro atoms. The van der Waals surface area contributed by atoms with Crippen molar-refractivity contribution in [2.24, 2.45) is 0 Å². The van der Waals surface area contributed by atoms with Gasteiger partial charge in [-0.3, -0.25) is 9.59 Å². The lowest BCUT2D eigenvalue weighted by Crippen LogP contribution is -2.27. The molecule has 1 aliphatic rings. The average Bonchev–Trinajstić information content (AvgIpc) is 2.93. The smallest absolute Gasteiger partial charge is 0.257 e. The lowest BCUT2D eigenvalue weighted by Gasteiger charge is -2.19. The molecule has 2 aromatic rings. The lowest BCUT2D eigenvalue weighted by molar-refractivity contribution is -0.117. The van der Waals surface area contributed by atoms with E-state index in [1.54, 1.807) is 17.0 Å². The molecule has 0 aliphatic carbocycles. The summed E-state index contributed by atoms with van der Waals surface area (Å²) in [5.41, 5.74) is 1.90. The summed E-state index contributed by atoms with van der Waals surface area (Å²) in [4.78, 5) is 26.2. The summed E-state index contributed by atoms with van der Waals surface area (Å²) >= 11 is 3.38. The van der Waals surface area contributed by atoms with Crippen LogP contribution < -0.4 is 10.2 Å². The summed E-state index contributed by atoms with van der Waals surface area (Å²) in [5.74, 6) is -0.142. The normalized spacial score (nSPS) is 14.2. The Bertz CT molecular complexity index is 730. The Kier molecular flexibility index (Phi) is 4.24. The first-order valence-electron chi connectivity index (χ1n) is 7.11. The van der Waals surface area contributed by atoms with Crippen molar-refractivity contribution in [3.63, 3.8) is 0 Å². The zero-order valence-corrected chi connectivity index (χ0v) is 13.5. The van der Waals surface area contributed by atoms with Gasteiger partial charge < -0.3 is 10.2 Å². The van der Waals surface area contributed by atoms with Gasteiger partial charge in [0.25, 0.3) is 5.91 Å². The van der Waals surface area contributed by atoms with Gasteiger partial charge in [-0.15, -0.1) is 0 Å². The van der Waals surface area contributed by atoms with Gasteiger partial charge in [0, 0.05) is 23.1 Å². The molecule has 0 saturated carbocycles. The Morgan fingerprint density at radius 2 is 1.95 bits per heavy atom. The van der Waals surface area contributed by atoms with Crippen LogP contribution in [0.1, 0.15) is 23.2 Å². The first kappa shape index (κ1) is 14.8. The fourth-order valence-electron chi connectivity index (χ4n) is 2.57. The zero-order chi connectivity index (χ0) is 15.5. The number of carbonyl (C=O) groups excluding carboxylic acids is 2. The monoisotopic (exact) mass is 358 g/mol. The molecule has 4 nitrogen and oxygen atoms in total. The van der Waals surface area contributed by atoms with Gasteiger partial charge in [-0.2, -0.15) is 0 Å². The van der Waals surface area contributed by atoms with Crippen molar-refractivity contribution in [1.29, 1.82) is 0 Å². The van der Waals surface area contributed by atoms with Crippen molar-refractivity contribution in [3.05, 3.63) is 58.6 Å². The minimum atomic E-state index is -0.214. The third kappa shape index (κ3) is 3.04. The van der Waals surface area contributed by atoms with Crippen LogP contribution in [0.5, 0.6) is 0 Å². The number of amides is 2. The fourth-order valence-corrected chi connectivity index (χ4v) is 2.97. The second-order valence-electron chi connectivity index (χ2n) is 5.13. The number of carbonyl (C=O) groups is 2. The van der Waals surface area contributed by atoms with Gasteiger partial charge in [0.05, 0.1) is 11.3 Å². The number of rotatable bonds is 3. The molecule has 1 saturated heterocycles. The van der Waals surface area contributed by atoms with Crippen molar-refractivity contribution in [1.82, 2.24) is 0 Å². The van der Waals surface area contributed by atoms with Crippen LogP contribution in [0.4, 0.5) is 11.4 Å². The Balaban J connectivity index is 1.88. The van der Waals surface area contributed by atoms with E-state index in [1.807, 2.05) is 36.4 Å². The van der Waals surface area contributed by atoms with Crippen molar-refractivity contribution in [3.8, 4) is 0 Å². The summed E-state index contributed by atoms with van der Waals surface area (Å²) in [5, 5.41) is 2.87. The highest BCUT2D eigenvalue weighted by Gasteiger charge is 2.25. The Morgan fingerprint density at radius 3 is 2.68 bits per heavy atom. The maximum Gasteiger partial charge on any atom is 0.257 e. The van der Waals surface area contributed by atoms with Crippen molar-refractivity contribution < 1.29 is 9.59 Å². The topological polar surface area (TPSA) is 49.4 Å². The van der Waals surface area contributed by atoms with Gasteiger partial charge in [0.2, 0.25) is 5.91 Å². The quantitative estimate of drug-likeness (QED) is 0.906. The minimum Gasteiger partial charge on any atom is -0.322 e. The van der Waals surface area contributed by atoms with Crippen LogP contribution in [-0.2, 0) is 4.79 Å². The Labute approximate surface area is 137 Å². The van der Waals surface area contributed by atoms with Crippen molar-refractivity contribution >= 4 is 39.1 Å². The largest absolute Gasteiger partial charge is 0.322 e. The van der Waals surface area contributed by atoms with Gasteiger partial charge in [-0.1, -0.05) is 34.1 Å². The van der Waals surface area contributed by atoms with Gasteiger partial charge in [0.15, 0.2) is 0 Å². The molecule has 2 amide bonds. The highest BCUT2D eigenvalue weighted by atomic mass is 79.9. The van der Waals surface area contributed by atoms with Crippen LogP contribution in [0, 0.1) is 0 Å². The highest BCUT2D eigenvalue weighted by molar-refractivity contribution is 9.10. The summed E-state index contributed by atoms with van der Waals surface area (Å²) in [6.07, 6.45) is 1.38. The molecule has 112 valence electrons. The number of hydrogen-bond donors (Lipinski definition) is 1. The molecular formula is C17H15BrN2O2. The van der Waals surface area contributed by atoms with E-state index in [0.717, 1.165) is 10.9 Å². The third-order valence-electron chi connectivity index (χ3n) is 3.60. The fraction of sp³-hybridized carbons (Fsp3) is 0.176. The molecule has 0 bridgehead atoms. The molecule has 0 radical (unpaired) electrons. The van der Waals surface area contributed by atoms with E-state index in [4.69, 9.17) is 0 Å². The van der Waals surface area contributed by atoms with Crippen LogP contribution >= 0.6 is 15.9 Å². The zero-order valence-electron chi connectivity index (χ0n) is 11.9. The molecular weight excluding hydrogens is 344 g/mol. The molecule has 1 heterocycles. The van der Waals surface area contributed by atoms with Gasteiger partial charge in [0.1, 0.15) is 0 Å². The van der Waals surface area contributed by atoms with Crippen molar-refractivity contribution in [2.75, 3.05) is 16.8 Å². The van der Waals surface area contributed by atoms with E-state index >= 15 is 0 Å². The third-order valence-corrected chi connectivity index (χ3v) is 4.09. The number of nitrogens with one attached hydrogen (secondary N) is 1.